The van der Waals surface area contributed by atoms with Gasteiger partial charge in [0.25, 0.3) is 0 Å². The lowest BCUT2D eigenvalue weighted by Gasteiger charge is -2.27. The second-order valence-corrected chi connectivity index (χ2v) is 11.6. The van der Waals surface area contributed by atoms with Gasteiger partial charge in [-0.2, -0.15) is 0 Å². The van der Waals surface area contributed by atoms with Crippen LogP contribution in [0.4, 0.5) is 0 Å². The normalized spacial score (nSPS) is 14.0. The van der Waals surface area contributed by atoms with Gasteiger partial charge in [-0.3, -0.25) is 0 Å². The summed E-state index contributed by atoms with van der Waals surface area (Å²) >= 11 is 0. The van der Waals surface area contributed by atoms with Gasteiger partial charge in [-0.05, 0) is 91.4 Å². The molecule has 0 radical (unpaired) electrons. The maximum absolute atomic E-state index is 4.14. The molecule has 0 heterocycles. The fraction of sp³-hybridized carbons (Fsp3) is 0.548. The molecule has 0 heteroatoms. The van der Waals surface area contributed by atoms with Crippen molar-refractivity contribution < 1.29 is 0 Å². The van der Waals surface area contributed by atoms with E-state index in [1.54, 1.807) is 5.56 Å². The fourth-order valence-corrected chi connectivity index (χ4v) is 4.63. The van der Waals surface area contributed by atoms with Gasteiger partial charge in [0.2, 0.25) is 0 Å². The number of benzene rings is 2. The standard InChI is InChI=1S/C31H46/c1-22(2)18-25(6)27-14-15-30(28(19-23(3)4)16-17-31(7,8)9)29(21-27)20-26-12-10-24(5)11-13-26/h10-15,21,23,25,28H,1,16-20H2,2-9H3/t25-,28?/m1/s1. The van der Waals surface area contributed by atoms with Crippen molar-refractivity contribution in [2.24, 2.45) is 11.3 Å². The molecule has 2 atom stereocenters. The monoisotopic (exact) mass is 418 g/mol. The molecule has 2 aromatic carbocycles. The molecule has 2 aromatic rings. The molecular weight excluding hydrogens is 372 g/mol. The molecule has 0 aliphatic carbocycles. The van der Waals surface area contributed by atoms with Crippen molar-refractivity contribution in [2.75, 3.05) is 0 Å². The summed E-state index contributed by atoms with van der Waals surface area (Å²) in [5.41, 5.74) is 8.93. The molecule has 2 rings (SSSR count). The molecule has 170 valence electrons. The zero-order valence-electron chi connectivity index (χ0n) is 21.5. The molecule has 0 fully saturated rings. The molecule has 0 amide bonds. The van der Waals surface area contributed by atoms with Crippen LogP contribution in [0.5, 0.6) is 0 Å². The zero-order valence-corrected chi connectivity index (χ0v) is 21.5. The molecule has 0 N–H and O–H groups in total. The van der Waals surface area contributed by atoms with E-state index in [-0.39, 0.29) is 0 Å². The summed E-state index contributed by atoms with van der Waals surface area (Å²) in [7, 11) is 0. The fourth-order valence-electron chi connectivity index (χ4n) is 4.63. The second-order valence-electron chi connectivity index (χ2n) is 11.6. The van der Waals surface area contributed by atoms with Gasteiger partial charge in [0.15, 0.2) is 0 Å². The first-order chi connectivity index (χ1) is 14.4. The lowest BCUT2D eigenvalue weighted by Crippen LogP contribution is -2.12. The topological polar surface area (TPSA) is 0 Å². The Kier molecular flexibility index (Phi) is 9.16. The van der Waals surface area contributed by atoms with Crippen molar-refractivity contribution >= 4 is 0 Å². The van der Waals surface area contributed by atoms with Gasteiger partial charge in [0.1, 0.15) is 0 Å². The van der Waals surface area contributed by atoms with E-state index in [2.05, 4.69) is 104 Å². The highest BCUT2D eigenvalue weighted by Crippen LogP contribution is 2.37. The lowest BCUT2D eigenvalue weighted by molar-refractivity contribution is 0.333. The average Bonchev–Trinajstić information content (AvgIpc) is 2.65. The highest BCUT2D eigenvalue weighted by molar-refractivity contribution is 5.40. The molecule has 31 heavy (non-hydrogen) atoms. The summed E-state index contributed by atoms with van der Waals surface area (Å²) in [4.78, 5) is 0. The van der Waals surface area contributed by atoms with Crippen LogP contribution in [0.1, 0.15) is 114 Å². The third-order valence-corrected chi connectivity index (χ3v) is 6.34. The van der Waals surface area contributed by atoms with E-state index in [9.17, 15) is 0 Å². The van der Waals surface area contributed by atoms with Crippen LogP contribution in [-0.4, -0.2) is 0 Å². The molecule has 1 unspecified atom stereocenters. The number of hydrogen-bond acceptors (Lipinski definition) is 0. The van der Waals surface area contributed by atoms with Gasteiger partial charge < -0.3 is 0 Å². The highest BCUT2D eigenvalue weighted by Gasteiger charge is 2.21. The van der Waals surface area contributed by atoms with Crippen molar-refractivity contribution in [1.82, 2.24) is 0 Å². The number of aryl methyl sites for hydroxylation is 1. The lowest BCUT2D eigenvalue weighted by atomic mass is 9.78. The highest BCUT2D eigenvalue weighted by atomic mass is 14.3. The third kappa shape index (κ3) is 8.68. The van der Waals surface area contributed by atoms with E-state index in [1.807, 2.05) is 0 Å². The van der Waals surface area contributed by atoms with Crippen LogP contribution in [0.25, 0.3) is 0 Å². The Balaban J connectivity index is 2.45. The van der Waals surface area contributed by atoms with E-state index in [0.29, 0.717) is 23.2 Å². The van der Waals surface area contributed by atoms with E-state index in [4.69, 9.17) is 0 Å². The van der Waals surface area contributed by atoms with E-state index < -0.39 is 0 Å². The van der Waals surface area contributed by atoms with Gasteiger partial charge in [-0.25, -0.2) is 0 Å². The van der Waals surface area contributed by atoms with Crippen molar-refractivity contribution in [2.45, 2.75) is 99.3 Å². The molecule has 0 aliphatic rings. The van der Waals surface area contributed by atoms with Crippen molar-refractivity contribution in [1.29, 1.82) is 0 Å². The Labute approximate surface area is 193 Å². The Morgan fingerprint density at radius 2 is 1.61 bits per heavy atom. The first kappa shape index (κ1) is 25.4. The first-order valence-electron chi connectivity index (χ1n) is 12.3. The minimum absolute atomic E-state index is 0.377. The average molecular weight is 419 g/mol. The largest absolute Gasteiger partial charge is 0.100 e. The Hall–Kier alpha value is -1.82. The maximum Gasteiger partial charge on any atom is -0.00228 e. The third-order valence-electron chi connectivity index (χ3n) is 6.34. The number of allylic oxidation sites excluding steroid dienone is 1. The van der Waals surface area contributed by atoms with Gasteiger partial charge >= 0.3 is 0 Å². The minimum atomic E-state index is 0.377. The summed E-state index contributed by atoms with van der Waals surface area (Å²) in [5.74, 6) is 1.85. The predicted octanol–water partition coefficient (Wildman–Crippen LogP) is 9.61. The van der Waals surface area contributed by atoms with Gasteiger partial charge in [-0.1, -0.05) is 95.1 Å². The van der Waals surface area contributed by atoms with E-state index in [0.717, 1.165) is 12.8 Å². The zero-order chi connectivity index (χ0) is 23.2. The van der Waals surface area contributed by atoms with Gasteiger partial charge in [-0.15, -0.1) is 6.58 Å². The van der Waals surface area contributed by atoms with Crippen LogP contribution in [-0.2, 0) is 6.42 Å². The van der Waals surface area contributed by atoms with Crippen LogP contribution in [0.15, 0.2) is 54.6 Å². The summed E-state index contributed by atoms with van der Waals surface area (Å²) in [6, 6.07) is 16.5. The Morgan fingerprint density at radius 1 is 0.968 bits per heavy atom. The molecule has 0 nitrogen and oxygen atoms in total. The maximum atomic E-state index is 4.14. The van der Waals surface area contributed by atoms with E-state index in [1.165, 1.54) is 47.1 Å². The minimum Gasteiger partial charge on any atom is -0.100 e. The van der Waals surface area contributed by atoms with Crippen LogP contribution in [0.3, 0.4) is 0 Å². The molecule has 0 saturated heterocycles. The molecule has 0 saturated carbocycles. The van der Waals surface area contributed by atoms with Crippen LogP contribution < -0.4 is 0 Å². The molecular formula is C31H46. The summed E-state index contributed by atoms with van der Waals surface area (Å²) in [6.07, 6.45) is 5.87. The number of hydrogen-bond donors (Lipinski definition) is 0. The quantitative estimate of drug-likeness (QED) is 0.337. The molecule has 0 spiro atoms. The Morgan fingerprint density at radius 3 is 2.16 bits per heavy atom. The van der Waals surface area contributed by atoms with Gasteiger partial charge in [0.05, 0.1) is 0 Å². The van der Waals surface area contributed by atoms with Crippen LogP contribution in [0.2, 0.25) is 0 Å². The second kappa shape index (κ2) is 11.2. The molecule has 0 aliphatic heterocycles. The van der Waals surface area contributed by atoms with Gasteiger partial charge in [0, 0.05) is 0 Å². The van der Waals surface area contributed by atoms with Crippen molar-refractivity contribution in [3.63, 3.8) is 0 Å². The predicted molar refractivity (Wildman–Crippen MR) is 139 cm³/mol. The first-order valence-corrected chi connectivity index (χ1v) is 12.3. The Bertz CT molecular complexity index is 829. The summed E-state index contributed by atoms with van der Waals surface area (Å²) in [6.45, 7) is 22.6. The van der Waals surface area contributed by atoms with Crippen LogP contribution in [0, 0.1) is 18.3 Å². The van der Waals surface area contributed by atoms with Crippen LogP contribution >= 0.6 is 0 Å². The van der Waals surface area contributed by atoms with E-state index >= 15 is 0 Å². The summed E-state index contributed by atoms with van der Waals surface area (Å²) in [5, 5.41) is 0. The number of rotatable bonds is 10. The van der Waals surface area contributed by atoms with Crippen molar-refractivity contribution in [3.05, 3.63) is 82.4 Å². The smallest absolute Gasteiger partial charge is 0.00228 e. The van der Waals surface area contributed by atoms with Crippen molar-refractivity contribution in [3.8, 4) is 0 Å². The SMILES string of the molecule is C=C(C)C[C@@H](C)c1ccc(C(CCC(C)(C)C)CC(C)C)c(Cc2ccc(C)cc2)c1. The summed E-state index contributed by atoms with van der Waals surface area (Å²) < 4.78 is 0. The molecule has 0 bridgehead atoms. The molecule has 0 aromatic heterocycles.